The molecule has 25 heavy (non-hydrogen) atoms. The summed E-state index contributed by atoms with van der Waals surface area (Å²) in [5, 5.41) is 23.5. The highest BCUT2D eigenvalue weighted by Gasteiger charge is 2.32. The lowest BCUT2D eigenvalue weighted by molar-refractivity contribution is -0.142. The Morgan fingerprint density at radius 2 is 1.92 bits per heavy atom. The number of aromatic nitrogens is 4. The van der Waals surface area contributed by atoms with Crippen LogP contribution in [0.1, 0.15) is 47.4 Å². The molecule has 2 unspecified atom stereocenters. The van der Waals surface area contributed by atoms with Crippen LogP contribution in [0.5, 0.6) is 0 Å². The Bertz CT molecular complexity index is 698. The topological polar surface area (TPSA) is 112 Å². The normalized spacial score (nSPS) is 13.2. The fourth-order valence-corrected chi connectivity index (χ4v) is 2.84. The summed E-state index contributed by atoms with van der Waals surface area (Å²) in [7, 11) is 3.40. The van der Waals surface area contributed by atoms with Crippen LogP contribution in [-0.2, 0) is 11.2 Å². The van der Waals surface area contributed by atoms with E-state index < -0.39 is 11.9 Å². The maximum atomic E-state index is 12.0. The lowest BCUT2D eigenvalue weighted by Gasteiger charge is -2.21. The van der Waals surface area contributed by atoms with Crippen LogP contribution in [-0.4, -0.2) is 56.6 Å². The Balaban J connectivity index is 2.25. The van der Waals surface area contributed by atoms with Crippen molar-refractivity contribution in [1.82, 2.24) is 25.5 Å². The first kappa shape index (κ1) is 18.6. The molecule has 2 rings (SSSR count). The number of nitrogens with zero attached hydrogens (tertiary/aromatic N) is 4. The fourth-order valence-electron chi connectivity index (χ4n) is 2.84. The van der Waals surface area contributed by atoms with Gasteiger partial charge >= 0.3 is 5.97 Å². The molecule has 0 aliphatic rings. The zero-order valence-corrected chi connectivity index (χ0v) is 14.6. The highest BCUT2D eigenvalue weighted by Crippen LogP contribution is 2.29. The number of amides is 1. The molecule has 1 heterocycles. The van der Waals surface area contributed by atoms with Gasteiger partial charge in [0.2, 0.25) is 0 Å². The van der Waals surface area contributed by atoms with Crippen molar-refractivity contribution in [3.8, 4) is 0 Å². The van der Waals surface area contributed by atoms with Crippen molar-refractivity contribution in [1.29, 1.82) is 0 Å². The Morgan fingerprint density at radius 1 is 1.24 bits per heavy atom. The van der Waals surface area contributed by atoms with Crippen molar-refractivity contribution in [2.24, 2.45) is 5.92 Å². The van der Waals surface area contributed by atoms with Gasteiger partial charge in [-0.25, -0.2) is 0 Å². The zero-order valence-electron chi connectivity index (χ0n) is 14.6. The summed E-state index contributed by atoms with van der Waals surface area (Å²) in [6.07, 6.45) is 1.75. The van der Waals surface area contributed by atoms with Crippen molar-refractivity contribution in [3.63, 3.8) is 0 Å². The number of carbonyl (C=O) groups is 2. The van der Waals surface area contributed by atoms with Crippen LogP contribution >= 0.6 is 0 Å². The van der Waals surface area contributed by atoms with Gasteiger partial charge in [-0.05, 0) is 30.5 Å². The molecule has 0 radical (unpaired) electrons. The summed E-state index contributed by atoms with van der Waals surface area (Å²) in [6, 6.07) is 7.18. The molecule has 8 heteroatoms. The quantitative estimate of drug-likeness (QED) is 0.753. The molecule has 1 amide bonds. The van der Waals surface area contributed by atoms with Gasteiger partial charge in [-0.15, -0.1) is 10.2 Å². The molecule has 0 saturated carbocycles. The third-order valence-electron chi connectivity index (χ3n) is 4.16. The van der Waals surface area contributed by atoms with Crippen LogP contribution in [0.3, 0.4) is 0 Å². The minimum absolute atomic E-state index is 0.0735. The van der Waals surface area contributed by atoms with E-state index in [1.165, 1.54) is 4.90 Å². The molecule has 0 bridgehead atoms. The number of carbonyl (C=O) groups excluding carboxylic acids is 1. The van der Waals surface area contributed by atoms with Gasteiger partial charge < -0.3 is 10.0 Å². The Hall–Kier alpha value is -2.77. The predicted octanol–water partition coefficient (Wildman–Crippen LogP) is 1.73. The number of hydrogen-bond acceptors (Lipinski definition) is 5. The highest BCUT2D eigenvalue weighted by atomic mass is 16.4. The van der Waals surface area contributed by atoms with E-state index in [0.717, 1.165) is 12.0 Å². The molecule has 0 aliphatic carbocycles. The standard InChI is InChI=1S/C17H23N5O3/c1-4-5-13(17(24)25)14(15-18-20-21-19-15)10-11-6-8-12(9-7-11)16(23)22(2)3/h6-9,13-14H,4-5,10H2,1-3H3,(H,24,25)(H,18,19,20,21). The van der Waals surface area contributed by atoms with Crippen molar-refractivity contribution in [3.05, 3.63) is 41.2 Å². The third kappa shape index (κ3) is 4.62. The molecule has 2 N–H and O–H groups in total. The Labute approximate surface area is 146 Å². The van der Waals surface area contributed by atoms with Crippen molar-refractivity contribution in [2.75, 3.05) is 14.1 Å². The fraction of sp³-hybridized carbons (Fsp3) is 0.471. The summed E-state index contributed by atoms with van der Waals surface area (Å²) in [6.45, 7) is 1.95. The lowest BCUT2D eigenvalue weighted by Crippen LogP contribution is -2.25. The van der Waals surface area contributed by atoms with Crippen molar-refractivity contribution < 1.29 is 14.7 Å². The van der Waals surface area contributed by atoms with E-state index in [0.29, 0.717) is 24.2 Å². The molecule has 2 aromatic rings. The van der Waals surface area contributed by atoms with Crippen molar-refractivity contribution >= 4 is 11.9 Å². The maximum absolute atomic E-state index is 12.0. The van der Waals surface area contributed by atoms with Gasteiger partial charge in [-0.2, -0.15) is 5.21 Å². The molecule has 0 saturated heterocycles. The minimum Gasteiger partial charge on any atom is -0.481 e. The van der Waals surface area contributed by atoms with E-state index in [-0.39, 0.29) is 11.8 Å². The Morgan fingerprint density at radius 3 is 2.40 bits per heavy atom. The SMILES string of the molecule is CCCC(C(=O)O)C(Cc1ccc(C(=O)N(C)C)cc1)c1nn[nH]n1. The number of tetrazole rings is 1. The highest BCUT2D eigenvalue weighted by molar-refractivity contribution is 5.93. The molecular weight excluding hydrogens is 322 g/mol. The van der Waals surface area contributed by atoms with Gasteiger partial charge in [0.25, 0.3) is 5.91 Å². The van der Waals surface area contributed by atoms with E-state index in [1.54, 1.807) is 26.2 Å². The molecule has 8 nitrogen and oxygen atoms in total. The first-order valence-electron chi connectivity index (χ1n) is 8.20. The van der Waals surface area contributed by atoms with Gasteiger partial charge in [0.15, 0.2) is 5.82 Å². The van der Waals surface area contributed by atoms with Gasteiger partial charge in [-0.3, -0.25) is 9.59 Å². The summed E-state index contributed by atoms with van der Waals surface area (Å²) in [5.74, 6) is -1.52. The lowest BCUT2D eigenvalue weighted by atomic mass is 9.83. The van der Waals surface area contributed by atoms with Gasteiger partial charge in [-0.1, -0.05) is 30.7 Å². The number of H-pyrrole nitrogens is 1. The summed E-state index contributed by atoms with van der Waals surface area (Å²) in [4.78, 5) is 25.2. The second-order valence-electron chi connectivity index (χ2n) is 6.21. The zero-order chi connectivity index (χ0) is 18.4. The summed E-state index contributed by atoms with van der Waals surface area (Å²) >= 11 is 0. The number of nitrogens with one attached hydrogen (secondary N) is 1. The molecule has 0 aliphatic heterocycles. The molecule has 0 spiro atoms. The molecule has 1 aromatic heterocycles. The van der Waals surface area contributed by atoms with E-state index in [2.05, 4.69) is 20.6 Å². The average Bonchev–Trinajstić information content (AvgIpc) is 3.12. The third-order valence-corrected chi connectivity index (χ3v) is 4.16. The Kier molecular flexibility index (Phi) is 6.21. The van der Waals surface area contributed by atoms with Gasteiger partial charge in [0, 0.05) is 25.6 Å². The summed E-state index contributed by atoms with van der Waals surface area (Å²) in [5.41, 5.74) is 1.51. The van der Waals surface area contributed by atoms with E-state index >= 15 is 0 Å². The number of hydrogen-bond donors (Lipinski definition) is 2. The second-order valence-corrected chi connectivity index (χ2v) is 6.21. The molecular formula is C17H23N5O3. The van der Waals surface area contributed by atoms with E-state index in [9.17, 15) is 14.7 Å². The maximum Gasteiger partial charge on any atom is 0.307 e. The van der Waals surface area contributed by atoms with Gasteiger partial charge in [0.1, 0.15) is 0 Å². The number of aromatic amines is 1. The largest absolute Gasteiger partial charge is 0.481 e. The number of aliphatic carboxylic acids is 1. The number of rotatable bonds is 8. The first-order valence-corrected chi connectivity index (χ1v) is 8.20. The predicted molar refractivity (Wildman–Crippen MR) is 91.1 cm³/mol. The monoisotopic (exact) mass is 345 g/mol. The van der Waals surface area contributed by atoms with Crippen LogP contribution in [0, 0.1) is 5.92 Å². The number of carboxylic acids is 1. The van der Waals surface area contributed by atoms with Crippen LogP contribution in [0.2, 0.25) is 0 Å². The molecule has 1 aromatic carbocycles. The van der Waals surface area contributed by atoms with E-state index in [4.69, 9.17) is 0 Å². The molecule has 2 atom stereocenters. The first-order chi connectivity index (χ1) is 11.9. The van der Waals surface area contributed by atoms with Crippen LogP contribution in [0.4, 0.5) is 0 Å². The molecule has 0 fully saturated rings. The van der Waals surface area contributed by atoms with Crippen LogP contribution in [0.25, 0.3) is 0 Å². The number of carboxylic acid groups (broad SMARTS) is 1. The van der Waals surface area contributed by atoms with E-state index in [1.807, 2.05) is 19.1 Å². The van der Waals surface area contributed by atoms with Gasteiger partial charge in [0.05, 0.1) is 5.92 Å². The summed E-state index contributed by atoms with van der Waals surface area (Å²) < 4.78 is 0. The second kappa shape index (κ2) is 8.36. The van der Waals surface area contributed by atoms with Crippen molar-refractivity contribution in [2.45, 2.75) is 32.1 Å². The minimum atomic E-state index is -0.865. The van der Waals surface area contributed by atoms with Crippen LogP contribution in [0.15, 0.2) is 24.3 Å². The smallest absolute Gasteiger partial charge is 0.307 e. The average molecular weight is 345 g/mol. The molecule has 134 valence electrons. The van der Waals surface area contributed by atoms with Crippen LogP contribution < -0.4 is 0 Å². The number of benzene rings is 1.